The third-order valence-corrected chi connectivity index (χ3v) is 5.97. The van der Waals surface area contributed by atoms with Crippen LogP contribution in [-0.2, 0) is 9.59 Å². The van der Waals surface area contributed by atoms with E-state index in [0.717, 1.165) is 18.9 Å². The van der Waals surface area contributed by atoms with Crippen LogP contribution < -0.4 is 5.32 Å². The highest BCUT2D eigenvalue weighted by Crippen LogP contribution is 2.35. The second-order valence-corrected chi connectivity index (χ2v) is 8.39. The Balaban J connectivity index is 0.000000331. The van der Waals surface area contributed by atoms with Gasteiger partial charge in [-0.25, -0.2) is 9.59 Å². The lowest BCUT2D eigenvalue weighted by Crippen LogP contribution is -2.35. The number of rotatable bonds is 6. The Kier molecular flexibility index (Phi) is 9.21. The molecule has 0 fully saturated rings. The van der Waals surface area contributed by atoms with Gasteiger partial charge in [0.25, 0.3) is 0 Å². The van der Waals surface area contributed by atoms with Crippen LogP contribution in [0.4, 0.5) is 0 Å². The van der Waals surface area contributed by atoms with Crippen molar-refractivity contribution in [3.8, 4) is 0 Å². The van der Waals surface area contributed by atoms with Gasteiger partial charge < -0.3 is 15.5 Å². The molecule has 1 aliphatic carbocycles. The van der Waals surface area contributed by atoms with Gasteiger partial charge in [0.1, 0.15) is 0 Å². The summed E-state index contributed by atoms with van der Waals surface area (Å²) in [6.45, 7) is 1.00. The van der Waals surface area contributed by atoms with Crippen LogP contribution >= 0.6 is 0 Å². The number of aliphatic carboxylic acids is 2. The van der Waals surface area contributed by atoms with Crippen molar-refractivity contribution in [2.45, 2.75) is 38.1 Å². The monoisotopic (exact) mass is 445 g/mol. The van der Waals surface area contributed by atoms with Crippen molar-refractivity contribution in [2.24, 2.45) is 5.92 Å². The van der Waals surface area contributed by atoms with Crippen molar-refractivity contribution in [3.05, 3.63) is 96.1 Å². The average Bonchev–Trinajstić information content (AvgIpc) is 2.85. The number of carbonyl (C=O) groups is 2. The fourth-order valence-electron chi connectivity index (χ4n) is 4.45. The van der Waals surface area contributed by atoms with Gasteiger partial charge in [-0.3, -0.25) is 0 Å². The predicted octanol–water partition coefficient (Wildman–Crippen LogP) is 5.42. The van der Waals surface area contributed by atoms with E-state index in [1.54, 1.807) is 5.57 Å². The smallest absolute Gasteiger partial charge is 0.328 e. The van der Waals surface area contributed by atoms with Crippen molar-refractivity contribution in [1.82, 2.24) is 5.32 Å². The Hall–Kier alpha value is -3.44. The molecule has 3 N–H and O–H groups in total. The van der Waals surface area contributed by atoms with Crippen molar-refractivity contribution in [1.29, 1.82) is 0 Å². The number of benzene rings is 2. The molecule has 33 heavy (non-hydrogen) atoms. The minimum atomic E-state index is -1.26. The molecule has 1 heterocycles. The molecule has 0 spiro atoms. The van der Waals surface area contributed by atoms with E-state index in [0.29, 0.717) is 18.2 Å². The van der Waals surface area contributed by atoms with Gasteiger partial charge in [0.05, 0.1) is 0 Å². The normalized spacial score (nSPS) is 20.2. The zero-order valence-electron chi connectivity index (χ0n) is 18.7. The summed E-state index contributed by atoms with van der Waals surface area (Å²) in [6, 6.07) is 22.4. The van der Waals surface area contributed by atoms with Crippen LogP contribution in [0.2, 0.25) is 0 Å². The molecule has 5 heteroatoms. The molecule has 2 aromatic rings. The van der Waals surface area contributed by atoms with Gasteiger partial charge in [-0.15, -0.1) is 0 Å². The molecule has 172 valence electrons. The second kappa shape index (κ2) is 12.6. The lowest BCUT2D eigenvalue weighted by atomic mass is 9.80. The molecule has 2 aliphatic rings. The minimum absolute atomic E-state index is 0.558. The van der Waals surface area contributed by atoms with Crippen LogP contribution in [-0.4, -0.2) is 34.7 Å². The summed E-state index contributed by atoms with van der Waals surface area (Å²) in [5, 5.41) is 19.3. The summed E-state index contributed by atoms with van der Waals surface area (Å²) in [5.74, 6) is -1.72. The number of carboxylic acids is 2. The maximum Gasteiger partial charge on any atom is 0.328 e. The summed E-state index contributed by atoms with van der Waals surface area (Å²) < 4.78 is 0. The molecular formula is C28H31NO4. The van der Waals surface area contributed by atoms with Gasteiger partial charge >= 0.3 is 11.9 Å². The van der Waals surface area contributed by atoms with E-state index in [4.69, 9.17) is 10.2 Å². The van der Waals surface area contributed by atoms with Crippen LogP contribution in [0, 0.1) is 5.92 Å². The van der Waals surface area contributed by atoms with Gasteiger partial charge in [0.2, 0.25) is 0 Å². The number of hydrogen-bond acceptors (Lipinski definition) is 3. The Morgan fingerprint density at radius 1 is 0.818 bits per heavy atom. The van der Waals surface area contributed by atoms with E-state index >= 15 is 0 Å². The molecule has 0 aromatic heterocycles. The maximum atomic E-state index is 9.55. The standard InChI is InChI=1S/C24H27N.C4H4O4/c1-3-9-20(10-4-1)22-13-7-8-19(16-22)17-24-18-23(14-15-25-24)21-11-5-2-6-12-21;5-3(6)1-2-4(7)8/h1-6,9-14,19,24-25H,7-8,15-18H2;1-2H,(H,5,6)(H,7,8)/b;2-1-. The van der Waals surface area contributed by atoms with Crippen LogP contribution in [0.15, 0.2) is 85.0 Å². The molecule has 2 atom stereocenters. The second-order valence-electron chi connectivity index (χ2n) is 8.39. The average molecular weight is 446 g/mol. The number of nitrogens with one attached hydrogen (secondary N) is 1. The minimum Gasteiger partial charge on any atom is -0.478 e. The fourth-order valence-corrected chi connectivity index (χ4v) is 4.45. The van der Waals surface area contributed by atoms with Gasteiger partial charge in [-0.2, -0.15) is 0 Å². The predicted molar refractivity (Wildman–Crippen MR) is 132 cm³/mol. The molecule has 5 nitrogen and oxygen atoms in total. The van der Waals surface area contributed by atoms with Crippen LogP contribution in [0.3, 0.4) is 0 Å². The van der Waals surface area contributed by atoms with Gasteiger partial charge in [0.15, 0.2) is 0 Å². The third kappa shape index (κ3) is 8.20. The summed E-state index contributed by atoms with van der Waals surface area (Å²) in [7, 11) is 0. The first-order chi connectivity index (χ1) is 16.0. The van der Waals surface area contributed by atoms with Crippen molar-refractivity contribution >= 4 is 23.1 Å². The van der Waals surface area contributed by atoms with Gasteiger partial charge in [-0.05, 0) is 60.3 Å². The molecule has 2 aromatic carbocycles. The topological polar surface area (TPSA) is 86.6 Å². The number of carboxylic acid groups (broad SMARTS) is 2. The molecule has 2 unspecified atom stereocenters. The first kappa shape index (κ1) is 24.2. The largest absolute Gasteiger partial charge is 0.478 e. The highest BCUT2D eigenvalue weighted by molar-refractivity contribution is 5.89. The van der Waals surface area contributed by atoms with Crippen LogP contribution in [0.25, 0.3) is 11.1 Å². The van der Waals surface area contributed by atoms with E-state index < -0.39 is 11.9 Å². The van der Waals surface area contributed by atoms with Crippen LogP contribution in [0.5, 0.6) is 0 Å². The molecular weight excluding hydrogens is 414 g/mol. The molecule has 0 amide bonds. The fraction of sp³-hybridized carbons (Fsp3) is 0.286. The van der Waals surface area contributed by atoms with Crippen molar-refractivity contribution in [3.63, 3.8) is 0 Å². The Labute approximate surface area is 195 Å². The van der Waals surface area contributed by atoms with Crippen molar-refractivity contribution < 1.29 is 19.8 Å². The first-order valence-electron chi connectivity index (χ1n) is 11.4. The summed E-state index contributed by atoms with van der Waals surface area (Å²) in [5.41, 5.74) is 5.86. The lowest BCUT2D eigenvalue weighted by molar-refractivity contribution is -0.134. The maximum absolute atomic E-state index is 9.55. The molecule has 0 radical (unpaired) electrons. The lowest BCUT2D eigenvalue weighted by Gasteiger charge is -2.30. The summed E-state index contributed by atoms with van der Waals surface area (Å²) in [4.78, 5) is 19.1. The zero-order chi connectivity index (χ0) is 23.5. The van der Waals surface area contributed by atoms with Crippen LogP contribution in [0.1, 0.15) is 43.2 Å². The van der Waals surface area contributed by atoms with E-state index in [1.165, 1.54) is 42.4 Å². The van der Waals surface area contributed by atoms with E-state index in [9.17, 15) is 9.59 Å². The van der Waals surface area contributed by atoms with Gasteiger partial charge in [-0.1, -0.05) is 72.8 Å². The van der Waals surface area contributed by atoms with E-state index in [2.05, 4.69) is 78.1 Å². The van der Waals surface area contributed by atoms with E-state index in [1.807, 2.05) is 0 Å². The molecule has 4 rings (SSSR count). The zero-order valence-corrected chi connectivity index (χ0v) is 18.7. The highest BCUT2D eigenvalue weighted by Gasteiger charge is 2.23. The SMILES string of the molecule is C1=C(c2ccccc2)CC(CC2CC(c3ccccc3)=CCN2)CC1.O=C(O)/C=C\C(=O)O. The molecule has 0 saturated carbocycles. The highest BCUT2D eigenvalue weighted by atomic mass is 16.4. The molecule has 0 saturated heterocycles. The number of allylic oxidation sites excluding steroid dienone is 2. The third-order valence-electron chi connectivity index (χ3n) is 5.97. The quantitative estimate of drug-likeness (QED) is 0.517. The number of hydrogen-bond donors (Lipinski definition) is 3. The van der Waals surface area contributed by atoms with Gasteiger partial charge in [0, 0.05) is 24.7 Å². The van der Waals surface area contributed by atoms with Crippen molar-refractivity contribution in [2.75, 3.05) is 6.54 Å². The Morgan fingerprint density at radius 3 is 1.91 bits per heavy atom. The first-order valence-corrected chi connectivity index (χ1v) is 11.4. The summed E-state index contributed by atoms with van der Waals surface area (Å²) in [6.07, 6.45) is 12.2. The Morgan fingerprint density at radius 2 is 1.36 bits per heavy atom. The molecule has 0 bridgehead atoms. The Bertz CT molecular complexity index is 927. The summed E-state index contributed by atoms with van der Waals surface area (Å²) >= 11 is 0. The molecule has 1 aliphatic heterocycles. The van der Waals surface area contributed by atoms with E-state index in [-0.39, 0.29) is 0 Å².